The molecule has 1 aliphatic carbocycles. The van der Waals surface area contributed by atoms with E-state index in [0.717, 1.165) is 19.3 Å². The number of fused-ring (bicyclic) bond motifs is 3. The Labute approximate surface area is 136 Å². The van der Waals surface area contributed by atoms with Crippen LogP contribution >= 0.6 is 0 Å². The van der Waals surface area contributed by atoms with Gasteiger partial charge in [0.15, 0.2) is 5.78 Å². The van der Waals surface area contributed by atoms with E-state index in [1.165, 1.54) is 11.1 Å². The lowest BCUT2D eigenvalue weighted by molar-refractivity contribution is -0.149. The van der Waals surface area contributed by atoms with Crippen LogP contribution < -0.4 is 0 Å². The Morgan fingerprint density at radius 3 is 2.17 bits per heavy atom. The quantitative estimate of drug-likeness (QED) is 0.831. The van der Waals surface area contributed by atoms with Gasteiger partial charge in [-0.15, -0.1) is 0 Å². The van der Waals surface area contributed by atoms with E-state index in [0.29, 0.717) is 12.2 Å². The molecule has 2 aliphatic heterocycles. The van der Waals surface area contributed by atoms with Gasteiger partial charge < -0.3 is 4.74 Å². The van der Waals surface area contributed by atoms with Gasteiger partial charge in [0.05, 0.1) is 0 Å². The predicted molar refractivity (Wildman–Crippen MR) is 88.1 cm³/mol. The zero-order valence-corrected chi connectivity index (χ0v) is 13.1. The minimum absolute atomic E-state index is 0.0325. The van der Waals surface area contributed by atoms with Gasteiger partial charge in [-0.2, -0.15) is 0 Å². The Kier molecular flexibility index (Phi) is 2.67. The molecule has 23 heavy (non-hydrogen) atoms. The lowest BCUT2D eigenvalue weighted by atomic mass is 9.70. The molecule has 0 unspecified atom stereocenters. The molecule has 2 nitrogen and oxygen atoms in total. The topological polar surface area (TPSA) is 26.3 Å². The maximum Gasteiger partial charge on any atom is 0.162 e. The molecule has 1 saturated carbocycles. The molecule has 2 bridgehead atoms. The summed E-state index contributed by atoms with van der Waals surface area (Å²) >= 11 is 0. The van der Waals surface area contributed by atoms with Gasteiger partial charge >= 0.3 is 0 Å². The number of hydrogen-bond donors (Lipinski definition) is 0. The molecule has 2 aromatic carbocycles. The molecular formula is C21H20O2. The van der Waals surface area contributed by atoms with Crippen molar-refractivity contribution in [2.75, 3.05) is 0 Å². The number of carbonyl (C=O) groups excluding carboxylic acids is 1. The van der Waals surface area contributed by atoms with Crippen LogP contribution in [0.1, 0.15) is 42.7 Å². The summed E-state index contributed by atoms with van der Waals surface area (Å²) in [6.07, 6.45) is 3.45. The summed E-state index contributed by atoms with van der Waals surface area (Å²) in [5.74, 6) is 0.600. The van der Waals surface area contributed by atoms with Crippen LogP contribution in [0.3, 0.4) is 0 Å². The van der Waals surface area contributed by atoms with Crippen molar-refractivity contribution in [2.45, 2.75) is 43.3 Å². The average molecular weight is 304 g/mol. The van der Waals surface area contributed by atoms with Crippen LogP contribution in [0.15, 0.2) is 60.7 Å². The van der Waals surface area contributed by atoms with E-state index in [1.807, 2.05) is 6.07 Å². The number of hydrogen-bond acceptors (Lipinski definition) is 2. The maximum absolute atomic E-state index is 12.5. The summed E-state index contributed by atoms with van der Waals surface area (Å²) in [4.78, 5) is 12.5. The molecule has 0 N–H and O–H groups in total. The number of ether oxygens (including phenoxy) is 1. The summed E-state index contributed by atoms with van der Waals surface area (Å²) < 4.78 is 6.58. The zero-order valence-electron chi connectivity index (χ0n) is 13.1. The molecule has 3 fully saturated rings. The second-order valence-electron chi connectivity index (χ2n) is 7.30. The third-order valence-corrected chi connectivity index (χ3v) is 6.15. The van der Waals surface area contributed by atoms with Gasteiger partial charge in [0.25, 0.3) is 0 Å². The van der Waals surface area contributed by atoms with E-state index in [4.69, 9.17) is 4.74 Å². The first-order valence-electron chi connectivity index (χ1n) is 8.57. The highest BCUT2D eigenvalue weighted by Gasteiger charge is 2.72. The van der Waals surface area contributed by atoms with Gasteiger partial charge in [0, 0.05) is 17.8 Å². The van der Waals surface area contributed by atoms with Crippen LogP contribution in [0.2, 0.25) is 0 Å². The first-order chi connectivity index (χ1) is 11.3. The number of ketones is 1. The van der Waals surface area contributed by atoms with Crippen molar-refractivity contribution in [2.24, 2.45) is 5.41 Å². The van der Waals surface area contributed by atoms with Crippen molar-refractivity contribution in [3.63, 3.8) is 0 Å². The summed E-state index contributed by atoms with van der Waals surface area (Å²) in [6.45, 7) is 0. The van der Waals surface area contributed by atoms with Gasteiger partial charge in [0.1, 0.15) is 11.7 Å². The normalized spacial score (nSPS) is 33.8. The zero-order chi connectivity index (χ0) is 15.5. The smallest absolute Gasteiger partial charge is 0.162 e. The molecule has 2 heterocycles. The van der Waals surface area contributed by atoms with Crippen molar-refractivity contribution >= 4 is 5.78 Å². The number of benzene rings is 2. The third kappa shape index (κ3) is 1.70. The Bertz CT molecular complexity index is 748. The lowest BCUT2D eigenvalue weighted by Gasteiger charge is -2.38. The van der Waals surface area contributed by atoms with Crippen LogP contribution in [0.5, 0.6) is 0 Å². The summed E-state index contributed by atoms with van der Waals surface area (Å²) in [5.41, 5.74) is 2.25. The monoisotopic (exact) mass is 304 g/mol. The minimum Gasteiger partial charge on any atom is -0.358 e. The van der Waals surface area contributed by atoms with Gasteiger partial charge in [-0.3, -0.25) is 4.79 Å². The molecule has 0 aromatic heterocycles. The molecule has 5 rings (SSSR count). The fraction of sp³-hybridized carbons (Fsp3) is 0.381. The molecule has 2 saturated heterocycles. The highest BCUT2D eigenvalue weighted by atomic mass is 16.5. The van der Waals surface area contributed by atoms with Crippen molar-refractivity contribution < 1.29 is 9.53 Å². The Morgan fingerprint density at radius 1 is 0.870 bits per heavy atom. The van der Waals surface area contributed by atoms with Crippen LogP contribution in [-0.2, 0) is 15.1 Å². The van der Waals surface area contributed by atoms with E-state index < -0.39 is 0 Å². The average Bonchev–Trinajstić information content (AvgIpc) is 3.34. The van der Waals surface area contributed by atoms with Crippen LogP contribution in [0.25, 0.3) is 0 Å². The van der Waals surface area contributed by atoms with Crippen LogP contribution in [-0.4, -0.2) is 11.9 Å². The summed E-state index contributed by atoms with van der Waals surface area (Å²) in [7, 11) is 0. The standard InChI is InChI=1S/C21H20O2/c22-17-11-12-21(16-9-5-2-6-10-16)18(15-7-3-1-4-8-15)20(13-14-20)19(17)23-21/h1-10,18-19H,11-14H2/t18-,19-,21+/m0/s1. The lowest BCUT2D eigenvalue weighted by Crippen LogP contribution is -2.38. The fourth-order valence-corrected chi connectivity index (χ4v) is 5.08. The Balaban J connectivity index is 1.73. The van der Waals surface area contributed by atoms with Gasteiger partial charge in [-0.25, -0.2) is 0 Å². The Hall–Kier alpha value is -1.93. The predicted octanol–water partition coefficient (Wildman–Crippen LogP) is 4.21. The van der Waals surface area contributed by atoms with Crippen molar-refractivity contribution in [1.82, 2.24) is 0 Å². The van der Waals surface area contributed by atoms with E-state index in [2.05, 4.69) is 54.6 Å². The summed E-state index contributed by atoms with van der Waals surface area (Å²) in [6, 6.07) is 21.2. The third-order valence-electron chi connectivity index (χ3n) is 6.15. The molecule has 116 valence electrons. The summed E-state index contributed by atoms with van der Waals surface area (Å²) in [5, 5.41) is 0. The highest BCUT2D eigenvalue weighted by molar-refractivity contribution is 5.87. The number of Topliss-reactive ketones (excluding diaryl/α,β-unsaturated/α-hetero) is 1. The van der Waals surface area contributed by atoms with Gasteiger partial charge in [-0.05, 0) is 30.4 Å². The first-order valence-corrected chi connectivity index (χ1v) is 8.57. The number of carbonyl (C=O) groups is 1. The van der Waals surface area contributed by atoms with Crippen molar-refractivity contribution in [1.29, 1.82) is 0 Å². The second kappa shape index (κ2) is 4.55. The Morgan fingerprint density at radius 2 is 1.52 bits per heavy atom. The molecule has 3 aliphatic rings. The number of rotatable bonds is 2. The second-order valence-corrected chi connectivity index (χ2v) is 7.30. The molecule has 2 heteroatoms. The van der Waals surface area contributed by atoms with E-state index in [-0.39, 0.29) is 23.0 Å². The van der Waals surface area contributed by atoms with Gasteiger partial charge in [-0.1, -0.05) is 60.7 Å². The SMILES string of the molecule is O=C1CC[C@]2(c3ccccc3)O[C@@H]1C1(CC1)[C@@H]2c1ccccc1. The molecule has 0 amide bonds. The largest absolute Gasteiger partial charge is 0.358 e. The molecule has 1 spiro atoms. The van der Waals surface area contributed by atoms with Crippen molar-refractivity contribution in [3.05, 3.63) is 71.8 Å². The first kappa shape index (κ1) is 13.5. The highest BCUT2D eigenvalue weighted by Crippen LogP contribution is 2.73. The van der Waals surface area contributed by atoms with E-state index in [9.17, 15) is 4.79 Å². The van der Waals surface area contributed by atoms with E-state index in [1.54, 1.807) is 0 Å². The molecular weight excluding hydrogens is 284 g/mol. The van der Waals surface area contributed by atoms with Crippen LogP contribution in [0.4, 0.5) is 0 Å². The van der Waals surface area contributed by atoms with Gasteiger partial charge in [0.2, 0.25) is 0 Å². The maximum atomic E-state index is 12.5. The molecule has 2 aromatic rings. The van der Waals surface area contributed by atoms with Crippen molar-refractivity contribution in [3.8, 4) is 0 Å². The fourth-order valence-electron chi connectivity index (χ4n) is 5.08. The minimum atomic E-state index is -0.336. The van der Waals surface area contributed by atoms with E-state index >= 15 is 0 Å². The molecule has 3 atom stereocenters. The molecule has 0 radical (unpaired) electrons. The van der Waals surface area contributed by atoms with Crippen LogP contribution in [0, 0.1) is 5.41 Å².